The SMILES string of the molecule is COc1cc(OC)c2c(=O)cc(-c3cc(OC)c(O)cc3OC)oc2c1. The molecule has 0 aliphatic rings. The molecular formula is C19H18O7. The van der Waals surface area contributed by atoms with Gasteiger partial charge < -0.3 is 28.5 Å². The maximum absolute atomic E-state index is 12.7. The Bertz CT molecular complexity index is 1020. The summed E-state index contributed by atoms with van der Waals surface area (Å²) in [5, 5.41) is 10.2. The monoisotopic (exact) mass is 358 g/mol. The first-order valence-corrected chi connectivity index (χ1v) is 7.67. The fourth-order valence-corrected chi connectivity index (χ4v) is 2.71. The molecule has 0 unspecified atom stereocenters. The van der Waals surface area contributed by atoms with E-state index < -0.39 is 0 Å². The van der Waals surface area contributed by atoms with Gasteiger partial charge in [-0.2, -0.15) is 0 Å². The average Bonchev–Trinajstić information content (AvgIpc) is 2.66. The van der Waals surface area contributed by atoms with Gasteiger partial charge in [-0.05, 0) is 6.07 Å². The summed E-state index contributed by atoms with van der Waals surface area (Å²) in [6.07, 6.45) is 0. The van der Waals surface area contributed by atoms with Gasteiger partial charge in [0.25, 0.3) is 0 Å². The topological polar surface area (TPSA) is 87.4 Å². The standard InChI is InChI=1S/C19H18O7/c1-22-10-5-17(25-4)19-13(21)9-15(26-18(19)6-10)11-7-16(24-3)12(20)8-14(11)23-2/h5-9,20H,1-4H3. The number of fused-ring (bicyclic) bond motifs is 1. The molecule has 0 bridgehead atoms. The van der Waals surface area contributed by atoms with E-state index in [9.17, 15) is 9.90 Å². The van der Waals surface area contributed by atoms with Crippen molar-refractivity contribution in [3.05, 3.63) is 40.6 Å². The molecule has 0 aliphatic heterocycles. The molecule has 1 aromatic heterocycles. The molecule has 7 nitrogen and oxygen atoms in total. The molecule has 7 heteroatoms. The van der Waals surface area contributed by atoms with Crippen molar-refractivity contribution in [3.8, 4) is 40.1 Å². The molecule has 3 aromatic rings. The smallest absolute Gasteiger partial charge is 0.197 e. The molecule has 2 aromatic carbocycles. The molecule has 136 valence electrons. The van der Waals surface area contributed by atoms with Gasteiger partial charge in [-0.15, -0.1) is 0 Å². The first-order valence-electron chi connectivity index (χ1n) is 7.67. The van der Waals surface area contributed by atoms with Crippen LogP contribution in [-0.4, -0.2) is 33.5 Å². The molecule has 0 atom stereocenters. The molecule has 1 N–H and O–H groups in total. The Balaban J connectivity index is 2.32. The summed E-state index contributed by atoms with van der Waals surface area (Å²) in [5.41, 5.74) is 0.482. The number of ether oxygens (including phenoxy) is 4. The van der Waals surface area contributed by atoms with Crippen LogP contribution < -0.4 is 24.4 Å². The first kappa shape index (κ1) is 17.5. The molecular weight excluding hydrogens is 340 g/mol. The zero-order valence-corrected chi connectivity index (χ0v) is 14.8. The van der Waals surface area contributed by atoms with E-state index in [1.807, 2.05) is 0 Å². The molecule has 1 heterocycles. The minimum Gasteiger partial charge on any atom is -0.504 e. The van der Waals surface area contributed by atoms with Crippen LogP contribution in [0.15, 0.2) is 39.5 Å². The van der Waals surface area contributed by atoms with Crippen molar-refractivity contribution in [1.82, 2.24) is 0 Å². The Hall–Kier alpha value is -3.35. The van der Waals surface area contributed by atoms with Crippen LogP contribution in [0.5, 0.6) is 28.7 Å². The number of rotatable bonds is 5. The lowest BCUT2D eigenvalue weighted by atomic mass is 10.1. The Labute approximate surface area is 149 Å². The van der Waals surface area contributed by atoms with E-state index in [1.54, 1.807) is 12.1 Å². The lowest BCUT2D eigenvalue weighted by Crippen LogP contribution is -2.04. The molecule has 0 spiro atoms. The summed E-state index contributed by atoms with van der Waals surface area (Å²) in [4.78, 5) is 12.7. The molecule has 26 heavy (non-hydrogen) atoms. The second kappa shape index (κ2) is 6.87. The van der Waals surface area contributed by atoms with Gasteiger partial charge in [0.15, 0.2) is 16.9 Å². The zero-order chi connectivity index (χ0) is 18.8. The van der Waals surface area contributed by atoms with E-state index in [0.29, 0.717) is 33.8 Å². The van der Waals surface area contributed by atoms with Gasteiger partial charge in [0.1, 0.15) is 34.0 Å². The van der Waals surface area contributed by atoms with E-state index in [1.165, 1.54) is 46.6 Å². The maximum Gasteiger partial charge on any atom is 0.197 e. The van der Waals surface area contributed by atoms with Crippen molar-refractivity contribution < 1.29 is 28.5 Å². The number of methoxy groups -OCH3 is 4. The van der Waals surface area contributed by atoms with E-state index >= 15 is 0 Å². The van der Waals surface area contributed by atoms with Crippen LogP contribution in [0.3, 0.4) is 0 Å². The van der Waals surface area contributed by atoms with Gasteiger partial charge in [0.2, 0.25) is 0 Å². The van der Waals surface area contributed by atoms with Crippen molar-refractivity contribution >= 4 is 11.0 Å². The Kier molecular flexibility index (Phi) is 4.62. The molecule has 0 fully saturated rings. The second-order valence-corrected chi connectivity index (χ2v) is 5.40. The van der Waals surface area contributed by atoms with Crippen molar-refractivity contribution in [1.29, 1.82) is 0 Å². The Morgan fingerprint density at radius 3 is 2.12 bits per heavy atom. The molecule has 0 radical (unpaired) electrons. The lowest BCUT2D eigenvalue weighted by molar-refractivity contribution is 0.366. The molecule has 0 aliphatic carbocycles. The summed E-state index contributed by atoms with van der Waals surface area (Å²) < 4.78 is 26.8. The zero-order valence-electron chi connectivity index (χ0n) is 14.8. The summed E-state index contributed by atoms with van der Waals surface area (Å²) in [6, 6.07) is 7.49. The van der Waals surface area contributed by atoms with Gasteiger partial charge in [-0.25, -0.2) is 0 Å². The van der Waals surface area contributed by atoms with E-state index in [4.69, 9.17) is 23.4 Å². The molecule has 0 amide bonds. The normalized spacial score (nSPS) is 10.6. The predicted molar refractivity (Wildman–Crippen MR) is 95.8 cm³/mol. The van der Waals surface area contributed by atoms with E-state index in [-0.39, 0.29) is 22.7 Å². The van der Waals surface area contributed by atoms with Crippen molar-refractivity contribution in [2.75, 3.05) is 28.4 Å². The van der Waals surface area contributed by atoms with E-state index in [0.717, 1.165) is 0 Å². The number of phenols is 1. The number of phenolic OH excluding ortho intramolecular Hbond substituents is 1. The highest BCUT2D eigenvalue weighted by atomic mass is 16.5. The van der Waals surface area contributed by atoms with Gasteiger partial charge >= 0.3 is 0 Å². The Morgan fingerprint density at radius 2 is 1.50 bits per heavy atom. The Morgan fingerprint density at radius 1 is 0.808 bits per heavy atom. The predicted octanol–water partition coefficient (Wildman–Crippen LogP) is 3.20. The summed E-state index contributed by atoms with van der Waals surface area (Å²) in [7, 11) is 5.86. The van der Waals surface area contributed by atoms with E-state index in [2.05, 4.69) is 0 Å². The van der Waals surface area contributed by atoms with Gasteiger partial charge in [0, 0.05) is 24.3 Å². The molecule has 0 saturated carbocycles. The third kappa shape index (κ3) is 2.88. The van der Waals surface area contributed by atoms with Crippen molar-refractivity contribution in [2.24, 2.45) is 0 Å². The van der Waals surface area contributed by atoms with Crippen LogP contribution in [0.2, 0.25) is 0 Å². The van der Waals surface area contributed by atoms with Gasteiger partial charge in [-0.3, -0.25) is 4.79 Å². The molecule has 3 rings (SSSR count). The largest absolute Gasteiger partial charge is 0.504 e. The van der Waals surface area contributed by atoms with Crippen LogP contribution in [0.1, 0.15) is 0 Å². The number of benzene rings is 2. The number of aromatic hydroxyl groups is 1. The third-order valence-corrected chi connectivity index (χ3v) is 3.99. The average molecular weight is 358 g/mol. The summed E-state index contributed by atoms with van der Waals surface area (Å²) in [5.74, 6) is 1.58. The highest BCUT2D eigenvalue weighted by molar-refractivity contribution is 5.87. The fourth-order valence-electron chi connectivity index (χ4n) is 2.71. The van der Waals surface area contributed by atoms with Gasteiger partial charge in [-0.1, -0.05) is 0 Å². The maximum atomic E-state index is 12.7. The summed E-state index contributed by atoms with van der Waals surface area (Å²) >= 11 is 0. The van der Waals surface area contributed by atoms with Crippen LogP contribution in [-0.2, 0) is 0 Å². The van der Waals surface area contributed by atoms with Crippen LogP contribution in [0.25, 0.3) is 22.3 Å². The number of hydrogen-bond donors (Lipinski definition) is 1. The van der Waals surface area contributed by atoms with Gasteiger partial charge in [0.05, 0.1) is 34.0 Å². The summed E-state index contributed by atoms with van der Waals surface area (Å²) in [6.45, 7) is 0. The minimum absolute atomic E-state index is 0.0837. The van der Waals surface area contributed by atoms with Crippen molar-refractivity contribution in [2.45, 2.75) is 0 Å². The lowest BCUT2D eigenvalue weighted by Gasteiger charge is -2.13. The highest BCUT2D eigenvalue weighted by Crippen LogP contribution is 2.40. The molecule has 0 saturated heterocycles. The minimum atomic E-state index is -0.283. The number of hydrogen-bond acceptors (Lipinski definition) is 7. The third-order valence-electron chi connectivity index (χ3n) is 3.99. The highest BCUT2D eigenvalue weighted by Gasteiger charge is 2.18. The van der Waals surface area contributed by atoms with Crippen LogP contribution in [0.4, 0.5) is 0 Å². The van der Waals surface area contributed by atoms with Crippen LogP contribution >= 0.6 is 0 Å². The second-order valence-electron chi connectivity index (χ2n) is 5.40. The fraction of sp³-hybridized carbons (Fsp3) is 0.211. The van der Waals surface area contributed by atoms with Crippen molar-refractivity contribution in [3.63, 3.8) is 0 Å². The quantitative estimate of drug-likeness (QED) is 0.749. The van der Waals surface area contributed by atoms with Crippen LogP contribution in [0, 0.1) is 0 Å². The first-order chi connectivity index (χ1) is 12.5.